The number of nitro benzene ring substituents is 1. The number of benzene rings is 2. The lowest BCUT2D eigenvalue weighted by molar-refractivity contribution is -0.384. The zero-order valence-corrected chi connectivity index (χ0v) is 25.1. The average Bonchev–Trinajstić information content (AvgIpc) is 3.03. The first kappa shape index (κ1) is 31.4. The van der Waals surface area contributed by atoms with Gasteiger partial charge in [-0.2, -0.15) is 0 Å². The van der Waals surface area contributed by atoms with E-state index in [-0.39, 0.29) is 11.7 Å². The van der Waals surface area contributed by atoms with Crippen LogP contribution in [0.1, 0.15) is 50.2 Å². The Labute approximate surface area is 251 Å². The van der Waals surface area contributed by atoms with Crippen LogP contribution in [0.3, 0.4) is 0 Å². The van der Waals surface area contributed by atoms with Gasteiger partial charge >= 0.3 is 5.97 Å². The van der Waals surface area contributed by atoms with Crippen molar-refractivity contribution in [3.8, 4) is 0 Å². The molecule has 11 heteroatoms. The van der Waals surface area contributed by atoms with Gasteiger partial charge in [-0.15, -0.1) is 0 Å². The van der Waals surface area contributed by atoms with Gasteiger partial charge in [-0.05, 0) is 63.9 Å². The van der Waals surface area contributed by atoms with E-state index in [9.17, 15) is 24.5 Å². The zero-order valence-electron chi connectivity index (χ0n) is 25.1. The molecular weight excluding hydrogens is 550 g/mol. The van der Waals surface area contributed by atoms with Gasteiger partial charge in [-0.1, -0.05) is 42.5 Å². The number of piperidine rings is 1. The molecule has 228 valence electrons. The number of nitrogens with zero attached hydrogens (tertiary/aromatic N) is 4. The summed E-state index contributed by atoms with van der Waals surface area (Å²) in [5.74, 6) is -0.710. The normalized spacial score (nSPS) is 18.5. The second-order valence-electron chi connectivity index (χ2n) is 11.1. The van der Waals surface area contributed by atoms with Crippen LogP contribution in [0.4, 0.5) is 5.69 Å². The number of ether oxygens (including phenoxy) is 1. The first-order valence-electron chi connectivity index (χ1n) is 14.4. The highest BCUT2D eigenvalue weighted by molar-refractivity contribution is 5.83. The van der Waals surface area contributed by atoms with Gasteiger partial charge in [-0.3, -0.25) is 24.5 Å². The fourth-order valence-electron chi connectivity index (χ4n) is 6.40. The number of likely N-dealkylation sites (tertiary alicyclic amines) is 1. The minimum atomic E-state index is -0.666. The topological polar surface area (TPSA) is 125 Å². The molecule has 4 rings (SSSR count). The lowest BCUT2D eigenvalue weighted by Gasteiger charge is -2.40. The predicted octanol–water partition coefficient (Wildman–Crippen LogP) is 3.89. The largest absolute Gasteiger partial charge is 0.468 e. The number of nitro groups is 1. The van der Waals surface area contributed by atoms with E-state index >= 15 is 0 Å². The van der Waals surface area contributed by atoms with Crippen molar-refractivity contribution in [2.75, 3.05) is 40.3 Å². The van der Waals surface area contributed by atoms with Crippen LogP contribution in [0.25, 0.3) is 0 Å². The van der Waals surface area contributed by atoms with Crippen LogP contribution in [0.2, 0.25) is 0 Å². The summed E-state index contributed by atoms with van der Waals surface area (Å²) >= 11 is 0. The van der Waals surface area contributed by atoms with Crippen LogP contribution >= 0.6 is 0 Å². The molecule has 43 heavy (non-hydrogen) atoms. The standard InChI is InChI=1S/C32H39N5O6/c1-23-29(34(3)21-38)28(25-11-13-27(14-12-25)37(41)42)30(24(2)33-23)36(22-39)18-8-17-35-19-15-32(16-20-35,31(40)43-4)26-9-6-5-7-10-26/h5-7,9-14,21-22,28,33H,8,15-20H2,1-4H3. The molecule has 0 aliphatic carbocycles. The second-order valence-corrected chi connectivity index (χ2v) is 11.1. The Kier molecular flexibility index (Phi) is 9.97. The second kappa shape index (κ2) is 13.6. The number of carbonyl (C=O) groups is 3. The molecule has 2 aliphatic heterocycles. The molecule has 0 bridgehead atoms. The van der Waals surface area contributed by atoms with Gasteiger partial charge in [0, 0.05) is 37.1 Å². The number of amides is 2. The molecule has 0 radical (unpaired) electrons. The highest BCUT2D eigenvalue weighted by Crippen LogP contribution is 2.41. The van der Waals surface area contributed by atoms with Gasteiger partial charge in [0.15, 0.2) is 0 Å². The van der Waals surface area contributed by atoms with E-state index in [1.54, 1.807) is 24.1 Å². The number of carbonyl (C=O) groups excluding carboxylic acids is 3. The number of dihydropyridines is 1. The van der Waals surface area contributed by atoms with Crippen molar-refractivity contribution in [2.24, 2.45) is 0 Å². The number of non-ortho nitro benzene ring substituents is 1. The molecule has 0 saturated carbocycles. The number of rotatable bonds is 12. The van der Waals surface area contributed by atoms with Gasteiger partial charge < -0.3 is 24.8 Å². The Bertz CT molecular complexity index is 1400. The molecule has 11 nitrogen and oxygen atoms in total. The van der Waals surface area contributed by atoms with E-state index < -0.39 is 16.3 Å². The van der Waals surface area contributed by atoms with Crippen molar-refractivity contribution >= 4 is 24.5 Å². The third-order valence-electron chi connectivity index (χ3n) is 8.59. The Morgan fingerprint density at radius 3 is 2.23 bits per heavy atom. The summed E-state index contributed by atoms with van der Waals surface area (Å²) in [6.45, 7) is 6.33. The van der Waals surface area contributed by atoms with Crippen molar-refractivity contribution in [2.45, 2.75) is 44.4 Å². The Hall–Kier alpha value is -4.51. The SMILES string of the molecule is COC(=O)C1(c2ccccc2)CCN(CCCN(C=O)C2=C(C)NC(C)=C(N(C)C=O)C2c2ccc([N+](=O)[O-])cc2)CC1. The van der Waals surface area contributed by atoms with Crippen molar-refractivity contribution in [3.63, 3.8) is 0 Å². The van der Waals surface area contributed by atoms with Gasteiger partial charge in [0.05, 0.1) is 34.8 Å². The monoisotopic (exact) mass is 589 g/mol. The summed E-state index contributed by atoms with van der Waals surface area (Å²) in [4.78, 5) is 53.6. The number of nitrogens with one attached hydrogen (secondary N) is 1. The third-order valence-corrected chi connectivity index (χ3v) is 8.59. The van der Waals surface area contributed by atoms with Crippen molar-refractivity contribution < 1.29 is 24.0 Å². The average molecular weight is 590 g/mol. The summed E-state index contributed by atoms with van der Waals surface area (Å²) in [5, 5.41) is 14.6. The maximum Gasteiger partial charge on any atom is 0.316 e. The fraction of sp³-hybridized carbons (Fsp3) is 0.406. The van der Waals surface area contributed by atoms with Gasteiger partial charge in [0.1, 0.15) is 0 Å². The molecule has 2 heterocycles. The number of allylic oxidation sites excluding steroid dienone is 2. The van der Waals surface area contributed by atoms with Gasteiger partial charge in [0.2, 0.25) is 12.8 Å². The van der Waals surface area contributed by atoms with Crippen molar-refractivity contribution in [1.29, 1.82) is 0 Å². The van der Waals surface area contributed by atoms with Crippen LogP contribution < -0.4 is 5.32 Å². The summed E-state index contributed by atoms with van der Waals surface area (Å²) in [6.07, 6.45) is 3.47. The highest BCUT2D eigenvalue weighted by atomic mass is 16.6. The number of methoxy groups -OCH3 is 1. The van der Waals surface area contributed by atoms with Crippen LogP contribution in [0.15, 0.2) is 77.4 Å². The summed E-state index contributed by atoms with van der Waals surface area (Å²) in [5.41, 5.74) is 3.86. The maximum absolute atomic E-state index is 12.9. The molecular formula is C32H39N5O6. The Morgan fingerprint density at radius 1 is 1.05 bits per heavy atom. The molecule has 1 atom stereocenters. The van der Waals surface area contributed by atoms with E-state index in [4.69, 9.17) is 4.74 Å². The highest BCUT2D eigenvalue weighted by Gasteiger charge is 2.44. The van der Waals surface area contributed by atoms with Crippen LogP contribution in [-0.4, -0.2) is 78.7 Å². The molecule has 2 aliphatic rings. The Balaban J connectivity index is 1.50. The third kappa shape index (κ3) is 6.46. The predicted molar refractivity (Wildman–Crippen MR) is 161 cm³/mol. The van der Waals surface area contributed by atoms with Gasteiger partial charge in [-0.25, -0.2) is 0 Å². The van der Waals surface area contributed by atoms with Crippen LogP contribution in [0.5, 0.6) is 0 Å². The lowest BCUT2D eigenvalue weighted by Crippen LogP contribution is -2.48. The molecule has 2 aromatic rings. The molecule has 1 fully saturated rings. The van der Waals surface area contributed by atoms with E-state index in [0.29, 0.717) is 43.6 Å². The first-order chi connectivity index (χ1) is 20.7. The summed E-state index contributed by atoms with van der Waals surface area (Å²) in [6, 6.07) is 16.0. The minimum Gasteiger partial charge on any atom is -0.468 e. The maximum atomic E-state index is 12.9. The fourth-order valence-corrected chi connectivity index (χ4v) is 6.40. The van der Waals surface area contributed by atoms with Crippen LogP contribution in [-0.2, 0) is 24.5 Å². The first-order valence-corrected chi connectivity index (χ1v) is 14.4. The molecule has 2 aromatic carbocycles. The molecule has 2 amide bonds. The summed E-state index contributed by atoms with van der Waals surface area (Å²) in [7, 11) is 3.08. The molecule has 1 saturated heterocycles. The van der Waals surface area contributed by atoms with Crippen molar-refractivity contribution in [3.05, 3.63) is 98.6 Å². The number of esters is 1. The minimum absolute atomic E-state index is 0.0387. The van der Waals surface area contributed by atoms with Crippen molar-refractivity contribution in [1.82, 2.24) is 20.0 Å². The quantitative estimate of drug-likeness (QED) is 0.171. The van der Waals surface area contributed by atoms with E-state index in [2.05, 4.69) is 10.2 Å². The lowest BCUT2D eigenvalue weighted by atomic mass is 9.72. The number of hydrogen-bond donors (Lipinski definition) is 1. The number of hydrogen-bond acceptors (Lipinski definition) is 8. The molecule has 0 spiro atoms. The molecule has 1 unspecified atom stereocenters. The smallest absolute Gasteiger partial charge is 0.316 e. The number of likely N-dealkylation sites (N-methyl/N-ethyl adjacent to an activating group) is 1. The summed E-state index contributed by atoms with van der Waals surface area (Å²) < 4.78 is 5.22. The zero-order chi connectivity index (χ0) is 31.1. The van der Waals surface area contributed by atoms with E-state index in [1.807, 2.05) is 44.2 Å². The van der Waals surface area contributed by atoms with E-state index in [1.165, 1.54) is 24.1 Å². The van der Waals surface area contributed by atoms with E-state index in [0.717, 1.165) is 48.6 Å². The molecule has 0 aromatic heterocycles. The molecule has 1 N–H and O–H groups in total. The van der Waals surface area contributed by atoms with Crippen LogP contribution in [0, 0.1) is 10.1 Å². The Morgan fingerprint density at radius 2 is 1.67 bits per heavy atom. The van der Waals surface area contributed by atoms with Gasteiger partial charge in [0.25, 0.3) is 5.69 Å².